The van der Waals surface area contributed by atoms with E-state index in [0.717, 1.165) is 10.1 Å². The van der Waals surface area contributed by atoms with Crippen LogP contribution in [-0.2, 0) is 0 Å². The van der Waals surface area contributed by atoms with Crippen LogP contribution in [0, 0.1) is 5.82 Å². The molecule has 0 aliphatic rings. The van der Waals surface area contributed by atoms with Crippen molar-refractivity contribution < 1.29 is 9.13 Å². The highest BCUT2D eigenvalue weighted by atomic mass is 79.9. The maximum Gasteiger partial charge on any atom is 0.170 e. The van der Waals surface area contributed by atoms with Crippen LogP contribution in [0.25, 0.3) is 10.1 Å². The molecule has 0 atom stereocenters. The van der Waals surface area contributed by atoms with Gasteiger partial charge >= 0.3 is 0 Å². The Morgan fingerprint density at radius 2 is 2.38 bits per heavy atom. The molecule has 0 bridgehead atoms. The maximum atomic E-state index is 13.3. The van der Waals surface area contributed by atoms with Crippen molar-refractivity contribution in [2.45, 2.75) is 0 Å². The lowest BCUT2D eigenvalue weighted by Crippen LogP contribution is -1.88. The van der Waals surface area contributed by atoms with E-state index in [1.54, 1.807) is 6.20 Å². The summed E-state index contributed by atoms with van der Waals surface area (Å²) in [6, 6.07) is 1.42. The molecule has 2 rings (SSSR count). The molecule has 0 saturated carbocycles. The van der Waals surface area contributed by atoms with Crippen molar-refractivity contribution in [2.75, 3.05) is 7.11 Å². The molecular weight excluding hydrogens is 257 g/mol. The van der Waals surface area contributed by atoms with E-state index in [4.69, 9.17) is 4.74 Å². The zero-order valence-electron chi connectivity index (χ0n) is 6.67. The molecule has 0 unspecified atom stereocenters. The Hall–Kier alpha value is -0.680. The van der Waals surface area contributed by atoms with Crippen LogP contribution in [0.1, 0.15) is 0 Å². The summed E-state index contributed by atoms with van der Waals surface area (Å²) in [4.78, 5) is 0. The first-order chi connectivity index (χ1) is 6.24. The third kappa shape index (κ3) is 1.32. The molecule has 1 aromatic carbocycles. The molecule has 0 N–H and O–H groups in total. The van der Waals surface area contributed by atoms with Crippen molar-refractivity contribution in [3.63, 3.8) is 0 Å². The number of nitrogens with zero attached hydrogens (tertiary/aromatic N) is 1. The zero-order valence-corrected chi connectivity index (χ0v) is 9.08. The van der Waals surface area contributed by atoms with Crippen LogP contribution in [-0.4, -0.2) is 11.5 Å². The third-order valence-corrected chi connectivity index (χ3v) is 3.55. The van der Waals surface area contributed by atoms with Crippen LogP contribution in [0.15, 0.2) is 16.7 Å². The highest BCUT2D eigenvalue weighted by Gasteiger charge is 2.13. The summed E-state index contributed by atoms with van der Waals surface area (Å²) in [5.74, 6) is -0.140. The molecule has 0 aliphatic heterocycles. The lowest BCUT2D eigenvalue weighted by molar-refractivity contribution is 0.385. The number of hydrogen-bond donors (Lipinski definition) is 0. The second kappa shape index (κ2) is 3.23. The normalized spacial score (nSPS) is 10.7. The fourth-order valence-corrected chi connectivity index (χ4v) is 2.57. The maximum absolute atomic E-state index is 13.3. The topological polar surface area (TPSA) is 22.1 Å². The summed E-state index contributed by atoms with van der Waals surface area (Å²) in [6.07, 6.45) is 1.63. The lowest BCUT2D eigenvalue weighted by atomic mass is 10.2. The molecule has 0 amide bonds. The Morgan fingerprint density at radius 1 is 1.62 bits per heavy atom. The van der Waals surface area contributed by atoms with E-state index in [1.807, 2.05) is 0 Å². The first kappa shape index (κ1) is 8.90. The van der Waals surface area contributed by atoms with Gasteiger partial charge in [0, 0.05) is 11.6 Å². The Labute approximate surface area is 86.6 Å². The van der Waals surface area contributed by atoms with E-state index in [0.29, 0.717) is 4.47 Å². The highest BCUT2D eigenvalue weighted by molar-refractivity contribution is 9.10. The van der Waals surface area contributed by atoms with Crippen LogP contribution in [0.4, 0.5) is 4.39 Å². The summed E-state index contributed by atoms with van der Waals surface area (Å²) < 4.78 is 23.7. The Kier molecular flexibility index (Phi) is 2.21. The van der Waals surface area contributed by atoms with Crippen molar-refractivity contribution in [1.29, 1.82) is 0 Å². The van der Waals surface area contributed by atoms with E-state index in [1.165, 1.54) is 24.7 Å². The third-order valence-electron chi connectivity index (χ3n) is 1.70. The monoisotopic (exact) mass is 261 g/mol. The number of fused-ring (bicyclic) bond motifs is 1. The van der Waals surface area contributed by atoms with Crippen molar-refractivity contribution in [3.8, 4) is 5.75 Å². The van der Waals surface area contributed by atoms with Gasteiger partial charge in [-0.05, 0) is 33.5 Å². The van der Waals surface area contributed by atoms with Crippen molar-refractivity contribution in [1.82, 2.24) is 4.37 Å². The van der Waals surface area contributed by atoms with Crippen molar-refractivity contribution in [2.24, 2.45) is 0 Å². The van der Waals surface area contributed by atoms with E-state index in [-0.39, 0.29) is 11.6 Å². The first-order valence-corrected chi connectivity index (χ1v) is 5.07. The van der Waals surface area contributed by atoms with Gasteiger partial charge in [0.15, 0.2) is 11.6 Å². The molecule has 2 aromatic rings. The quantitative estimate of drug-likeness (QED) is 0.787. The molecule has 13 heavy (non-hydrogen) atoms. The minimum absolute atomic E-state index is 0.233. The van der Waals surface area contributed by atoms with E-state index in [2.05, 4.69) is 20.3 Å². The van der Waals surface area contributed by atoms with Gasteiger partial charge in [0.1, 0.15) is 0 Å². The number of ether oxygens (including phenoxy) is 1. The predicted octanol–water partition coefficient (Wildman–Crippen LogP) is 3.21. The minimum Gasteiger partial charge on any atom is -0.492 e. The van der Waals surface area contributed by atoms with Crippen LogP contribution >= 0.6 is 27.5 Å². The van der Waals surface area contributed by atoms with Gasteiger partial charge < -0.3 is 4.74 Å². The van der Waals surface area contributed by atoms with E-state index < -0.39 is 0 Å². The fraction of sp³-hybridized carbons (Fsp3) is 0.125. The fourth-order valence-electron chi connectivity index (χ4n) is 1.11. The second-order valence-electron chi connectivity index (χ2n) is 2.45. The van der Waals surface area contributed by atoms with Gasteiger partial charge in [0.25, 0.3) is 0 Å². The van der Waals surface area contributed by atoms with Gasteiger partial charge in [-0.15, -0.1) is 0 Å². The molecule has 1 heterocycles. The number of halogens is 2. The molecular formula is C8H5BrFNOS. The van der Waals surface area contributed by atoms with E-state index >= 15 is 0 Å². The molecule has 0 fully saturated rings. The number of methoxy groups -OCH3 is 1. The van der Waals surface area contributed by atoms with Crippen LogP contribution in [0.5, 0.6) is 5.75 Å². The molecule has 0 aliphatic carbocycles. The Balaban J connectivity index is 2.85. The van der Waals surface area contributed by atoms with Crippen molar-refractivity contribution in [3.05, 3.63) is 22.6 Å². The predicted molar refractivity (Wildman–Crippen MR) is 53.8 cm³/mol. The summed E-state index contributed by atoms with van der Waals surface area (Å²) >= 11 is 4.59. The van der Waals surface area contributed by atoms with Crippen LogP contribution < -0.4 is 4.74 Å². The molecule has 0 radical (unpaired) electrons. The second-order valence-corrected chi connectivity index (χ2v) is 4.04. The van der Waals surface area contributed by atoms with Gasteiger partial charge in [0.2, 0.25) is 0 Å². The Bertz CT molecular complexity index is 457. The first-order valence-electron chi connectivity index (χ1n) is 3.50. The van der Waals surface area contributed by atoms with Crippen LogP contribution in [0.2, 0.25) is 0 Å². The summed E-state index contributed by atoms with van der Waals surface area (Å²) in [7, 11) is 1.44. The lowest BCUT2D eigenvalue weighted by Gasteiger charge is -2.04. The van der Waals surface area contributed by atoms with Crippen molar-refractivity contribution >= 4 is 37.5 Å². The summed E-state index contributed by atoms with van der Waals surface area (Å²) in [6.45, 7) is 0. The van der Waals surface area contributed by atoms with Gasteiger partial charge in [-0.25, -0.2) is 4.39 Å². The molecule has 5 heteroatoms. The SMILES string of the molecule is COc1c(F)cc2cnsc2c1Br. The number of rotatable bonds is 1. The average molecular weight is 262 g/mol. The van der Waals surface area contributed by atoms with Gasteiger partial charge in [-0.3, -0.25) is 0 Å². The van der Waals surface area contributed by atoms with Crippen LogP contribution in [0.3, 0.4) is 0 Å². The zero-order chi connectivity index (χ0) is 9.42. The smallest absolute Gasteiger partial charge is 0.170 e. The van der Waals surface area contributed by atoms with Gasteiger partial charge in [0.05, 0.1) is 16.3 Å². The van der Waals surface area contributed by atoms with Gasteiger partial charge in [-0.2, -0.15) is 4.37 Å². The molecule has 2 nitrogen and oxygen atoms in total. The minimum atomic E-state index is -0.373. The molecule has 68 valence electrons. The molecule has 0 spiro atoms. The molecule has 0 saturated heterocycles. The highest BCUT2D eigenvalue weighted by Crippen LogP contribution is 2.37. The van der Waals surface area contributed by atoms with Gasteiger partial charge in [-0.1, -0.05) is 0 Å². The molecule has 1 aromatic heterocycles. The number of aromatic nitrogens is 1. The largest absolute Gasteiger partial charge is 0.492 e. The standard InChI is InChI=1S/C8H5BrFNOS/c1-12-7-5(10)2-4-3-11-13-8(4)6(7)9/h2-3H,1H3. The summed E-state index contributed by atoms with van der Waals surface area (Å²) in [5, 5.41) is 0.787. The summed E-state index contributed by atoms with van der Waals surface area (Å²) in [5.41, 5.74) is 0. The number of hydrogen-bond acceptors (Lipinski definition) is 3. The average Bonchev–Trinajstić information content (AvgIpc) is 2.53. The van der Waals surface area contributed by atoms with E-state index in [9.17, 15) is 4.39 Å². The Morgan fingerprint density at radius 3 is 3.08 bits per heavy atom. The number of benzene rings is 1.